The lowest BCUT2D eigenvalue weighted by atomic mass is 10.1. The molecule has 2 aromatic heterocycles. The minimum Gasteiger partial charge on any atom is -0.467 e. The molecular weight excluding hydrogens is 308 g/mol. The fraction of sp³-hybridized carbons (Fsp3) is 0.412. The van der Waals surface area contributed by atoms with Gasteiger partial charge in [-0.15, -0.1) is 0 Å². The van der Waals surface area contributed by atoms with Gasteiger partial charge in [0.15, 0.2) is 0 Å². The Morgan fingerprint density at radius 3 is 2.79 bits per heavy atom. The summed E-state index contributed by atoms with van der Waals surface area (Å²) in [5.74, 6) is 1.33. The van der Waals surface area contributed by atoms with Crippen molar-refractivity contribution in [1.82, 2.24) is 15.6 Å². The summed E-state index contributed by atoms with van der Waals surface area (Å²) in [6.07, 6.45) is 1.14. The molecule has 0 bridgehead atoms. The predicted octanol–water partition coefficient (Wildman–Crippen LogP) is 2.05. The molecule has 0 aliphatic rings. The van der Waals surface area contributed by atoms with Gasteiger partial charge in [-0.25, -0.2) is 9.78 Å². The highest BCUT2D eigenvalue weighted by Crippen LogP contribution is 2.18. The number of aliphatic hydroxyl groups excluding tert-OH is 1. The van der Waals surface area contributed by atoms with Crippen LogP contribution in [0, 0.1) is 0 Å². The van der Waals surface area contributed by atoms with Crippen LogP contribution in [0.2, 0.25) is 0 Å². The Kier molecular flexibility index (Phi) is 6.20. The molecule has 2 atom stereocenters. The lowest BCUT2D eigenvalue weighted by Gasteiger charge is -2.17. The van der Waals surface area contributed by atoms with Crippen molar-refractivity contribution in [2.24, 2.45) is 0 Å². The molecule has 2 rings (SSSR count). The van der Waals surface area contributed by atoms with Crippen LogP contribution in [-0.2, 0) is 6.54 Å². The lowest BCUT2D eigenvalue weighted by molar-refractivity contribution is 0.129. The van der Waals surface area contributed by atoms with Gasteiger partial charge in [-0.1, -0.05) is 6.07 Å². The molecule has 0 spiro atoms. The number of rotatable bonds is 7. The zero-order valence-electron chi connectivity index (χ0n) is 14.2. The van der Waals surface area contributed by atoms with E-state index in [4.69, 9.17) is 4.42 Å². The Morgan fingerprint density at radius 1 is 1.33 bits per heavy atom. The summed E-state index contributed by atoms with van der Waals surface area (Å²) in [5, 5.41) is 15.6. The first-order valence-electron chi connectivity index (χ1n) is 7.85. The van der Waals surface area contributed by atoms with Crippen molar-refractivity contribution in [3.63, 3.8) is 0 Å². The van der Waals surface area contributed by atoms with E-state index in [1.807, 2.05) is 44.1 Å². The largest absolute Gasteiger partial charge is 0.467 e. The van der Waals surface area contributed by atoms with Gasteiger partial charge in [0, 0.05) is 26.6 Å². The first-order chi connectivity index (χ1) is 11.5. The number of nitrogens with one attached hydrogen (secondary N) is 2. The molecule has 2 amide bonds. The van der Waals surface area contributed by atoms with Crippen molar-refractivity contribution in [2.75, 3.05) is 19.0 Å². The number of amides is 2. The lowest BCUT2D eigenvalue weighted by Crippen LogP contribution is -2.41. The predicted molar refractivity (Wildman–Crippen MR) is 91.7 cm³/mol. The summed E-state index contributed by atoms with van der Waals surface area (Å²) in [6, 6.07) is 8.59. The maximum absolute atomic E-state index is 11.9. The normalized spacial score (nSPS) is 13.2. The van der Waals surface area contributed by atoms with Crippen molar-refractivity contribution >= 4 is 11.8 Å². The highest BCUT2D eigenvalue weighted by Gasteiger charge is 2.16. The van der Waals surface area contributed by atoms with Gasteiger partial charge in [-0.3, -0.25) is 0 Å². The quantitative estimate of drug-likeness (QED) is 0.722. The molecule has 0 aliphatic heterocycles. The average molecular weight is 332 g/mol. The number of nitrogens with zero attached hydrogens (tertiary/aromatic N) is 2. The number of furan rings is 1. The monoisotopic (exact) mass is 332 g/mol. The molecule has 0 saturated carbocycles. The van der Waals surface area contributed by atoms with Gasteiger partial charge >= 0.3 is 6.03 Å². The summed E-state index contributed by atoms with van der Waals surface area (Å²) < 4.78 is 5.15. The van der Waals surface area contributed by atoms with Crippen molar-refractivity contribution in [3.8, 4) is 0 Å². The maximum Gasteiger partial charge on any atom is 0.315 e. The Labute approximate surface area is 141 Å². The molecule has 2 unspecified atom stereocenters. The standard InChI is InChI=1S/C17H24N4O3/c1-12(10-14(22)15-7-5-9-24-15)19-17(23)18-11-13-6-4-8-16(20-13)21(2)3/h4-9,12,14,22H,10-11H2,1-3H3,(H2,18,19,23). The minimum absolute atomic E-state index is 0.203. The molecule has 130 valence electrons. The highest BCUT2D eigenvalue weighted by atomic mass is 16.4. The van der Waals surface area contributed by atoms with E-state index < -0.39 is 6.10 Å². The van der Waals surface area contributed by atoms with Gasteiger partial charge in [0.2, 0.25) is 0 Å². The zero-order valence-corrected chi connectivity index (χ0v) is 14.2. The van der Waals surface area contributed by atoms with Gasteiger partial charge in [0.1, 0.15) is 17.7 Å². The SMILES string of the molecule is CC(CC(O)c1ccco1)NC(=O)NCc1cccc(N(C)C)n1. The van der Waals surface area contributed by atoms with E-state index in [9.17, 15) is 9.90 Å². The number of aliphatic hydroxyl groups is 1. The molecule has 0 radical (unpaired) electrons. The molecule has 7 nitrogen and oxygen atoms in total. The molecule has 0 fully saturated rings. The van der Waals surface area contributed by atoms with Gasteiger partial charge in [0.25, 0.3) is 0 Å². The van der Waals surface area contributed by atoms with Crippen molar-refractivity contribution < 1.29 is 14.3 Å². The summed E-state index contributed by atoms with van der Waals surface area (Å²) in [4.78, 5) is 18.3. The van der Waals surface area contributed by atoms with Crippen molar-refractivity contribution in [3.05, 3.63) is 48.0 Å². The molecule has 7 heteroatoms. The summed E-state index contributed by atoms with van der Waals surface area (Å²) in [7, 11) is 3.83. The number of urea groups is 1. The summed E-state index contributed by atoms with van der Waals surface area (Å²) >= 11 is 0. The van der Waals surface area contributed by atoms with Crippen LogP contribution in [-0.4, -0.2) is 36.3 Å². The number of anilines is 1. The van der Waals surface area contributed by atoms with Crippen molar-refractivity contribution in [1.29, 1.82) is 0 Å². The van der Waals surface area contributed by atoms with Crippen LogP contribution >= 0.6 is 0 Å². The van der Waals surface area contributed by atoms with E-state index in [1.54, 1.807) is 12.1 Å². The van der Waals surface area contributed by atoms with Crippen LogP contribution in [0.4, 0.5) is 10.6 Å². The first-order valence-corrected chi connectivity index (χ1v) is 7.85. The molecule has 3 N–H and O–H groups in total. The molecule has 0 aromatic carbocycles. The van der Waals surface area contributed by atoms with Gasteiger partial charge < -0.3 is 25.1 Å². The molecule has 2 aromatic rings. The van der Waals surface area contributed by atoms with E-state index in [-0.39, 0.29) is 12.1 Å². The number of hydrogen-bond donors (Lipinski definition) is 3. The third-order valence-corrected chi connectivity index (χ3v) is 3.51. The average Bonchev–Trinajstić information content (AvgIpc) is 3.07. The fourth-order valence-electron chi connectivity index (χ4n) is 2.25. The zero-order chi connectivity index (χ0) is 17.5. The Hall–Kier alpha value is -2.54. The summed E-state index contributed by atoms with van der Waals surface area (Å²) in [6.45, 7) is 2.16. The molecule has 24 heavy (non-hydrogen) atoms. The third-order valence-electron chi connectivity index (χ3n) is 3.51. The van der Waals surface area contributed by atoms with Crippen LogP contribution < -0.4 is 15.5 Å². The van der Waals surface area contributed by atoms with Crippen LogP contribution in [0.25, 0.3) is 0 Å². The van der Waals surface area contributed by atoms with E-state index in [2.05, 4.69) is 15.6 Å². The highest BCUT2D eigenvalue weighted by molar-refractivity contribution is 5.74. The first kappa shape index (κ1) is 17.8. The van der Waals surface area contributed by atoms with E-state index in [0.717, 1.165) is 11.5 Å². The molecule has 0 aliphatic carbocycles. The topological polar surface area (TPSA) is 90.6 Å². The van der Waals surface area contributed by atoms with Gasteiger partial charge in [-0.05, 0) is 31.2 Å². The second-order valence-corrected chi connectivity index (χ2v) is 5.88. The Bertz CT molecular complexity index is 643. The number of hydrogen-bond acceptors (Lipinski definition) is 5. The molecule has 0 saturated heterocycles. The van der Waals surface area contributed by atoms with Crippen LogP contribution in [0.15, 0.2) is 41.0 Å². The molecular formula is C17H24N4O3. The van der Waals surface area contributed by atoms with Gasteiger partial charge in [0.05, 0.1) is 18.5 Å². The summed E-state index contributed by atoms with van der Waals surface area (Å²) in [5.41, 5.74) is 0.777. The fourth-order valence-corrected chi connectivity index (χ4v) is 2.25. The second kappa shape index (κ2) is 8.35. The third kappa shape index (κ3) is 5.27. The Balaban J connectivity index is 1.77. The van der Waals surface area contributed by atoms with Crippen molar-refractivity contribution in [2.45, 2.75) is 32.0 Å². The van der Waals surface area contributed by atoms with Crippen LogP contribution in [0.1, 0.15) is 30.9 Å². The number of aromatic nitrogens is 1. The van der Waals surface area contributed by atoms with Crippen LogP contribution in [0.3, 0.4) is 0 Å². The second-order valence-electron chi connectivity index (χ2n) is 5.88. The minimum atomic E-state index is -0.742. The van der Waals surface area contributed by atoms with E-state index in [0.29, 0.717) is 18.7 Å². The number of carbonyl (C=O) groups excluding carboxylic acids is 1. The smallest absolute Gasteiger partial charge is 0.315 e. The maximum atomic E-state index is 11.9. The Morgan fingerprint density at radius 2 is 2.12 bits per heavy atom. The van der Waals surface area contributed by atoms with Gasteiger partial charge in [-0.2, -0.15) is 0 Å². The number of carbonyl (C=O) groups is 1. The van der Waals surface area contributed by atoms with Crippen LogP contribution in [0.5, 0.6) is 0 Å². The molecule has 2 heterocycles. The van der Waals surface area contributed by atoms with E-state index in [1.165, 1.54) is 6.26 Å². The van der Waals surface area contributed by atoms with E-state index >= 15 is 0 Å². The number of pyridine rings is 1.